The molecule has 3 nitrogen and oxygen atoms in total. The maximum absolute atomic E-state index is 12.7. The van der Waals surface area contributed by atoms with Crippen molar-refractivity contribution in [3.8, 4) is 22.6 Å². The summed E-state index contributed by atoms with van der Waals surface area (Å²) in [6.45, 7) is 2.02. The van der Waals surface area contributed by atoms with Crippen molar-refractivity contribution in [1.82, 2.24) is 4.98 Å². The van der Waals surface area contributed by atoms with E-state index in [4.69, 9.17) is 4.42 Å². The molecule has 0 atom stereocenters. The van der Waals surface area contributed by atoms with Crippen LogP contribution in [0.25, 0.3) is 22.6 Å². The third-order valence-corrected chi connectivity index (χ3v) is 5.27. The van der Waals surface area contributed by atoms with Gasteiger partial charge in [0.15, 0.2) is 0 Å². The Morgan fingerprint density at radius 1 is 0.875 bits per heavy atom. The number of nitrogens with zero attached hydrogens (tertiary/aromatic N) is 1. The number of Topliss-reactive ketones (excluding diaryl/α,β-unsaturated/α-hetero) is 1. The van der Waals surface area contributed by atoms with Crippen LogP contribution in [0, 0.1) is 6.92 Å². The van der Waals surface area contributed by atoms with Crippen molar-refractivity contribution in [2.75, 3.05) is 0 Å². The van der Waals surface area contributed by atoms with E-state index in [2.05, 4.69) is 4.98 Å². The second-order valence-corrected chi connectivity index (χ2v) is 7.65. The molecule has 0 amide bonds. The Balaban J connectivity index is 1.44. The van der Waals surface area contributed by atoms with Gasteiger partial charge in [-0.3, -0.25) is 4.79 Å². The molecule has 0 saturated heterocycles. The number of aryl methyl sites for hydroxylation is 1. The topological polar surface area (TPSA) is 43.1 Å². The van der Waals surface area contributed by atoms with Gasteiger partial charge in [-0.2, -0.15) is 13.2 Å². The largest absolute Gasteiger partial charge is 0.445 e. The predicted octanol–water partition coefficient (Wildman–Crippen LogP) is 6.69. The number of ketones is 1. The number of oxazole rings is 1. The molecule has 6 heteroatoms. The average Bonchev–Trinajstić information content (AvgIpc) is 3.29. The van der Waals surface area contributed by atoms with Crippen molar-refractivity contribution < 1.29 is 22.4 Å². The summed E-state index contributed by atoms with van der Waals surface area (Å²) >= 11 is 0. The number of halogens is 3. The highest BCUT2D eigenvalue weighted by atomic mass is 19.4. The van der Waals surface area contributed by atoms with Gasteiger partial charge < -0.3 is 4.42 Å². The van der Waals surface area contributed by atoms with E-state index in [-0.39, 0.29) is 18.6 Å². The first kappa shape index (κ1) is 21.6. The van der Waals surface area contributed by atoms with Crippen LogP contribution in [0.2, 0.25) is 0 Å². The van der Waals surface area contributed by atoms with Gasteiger partial charge in [-0.25, -0.2) is 4.98 Å². The molecule has 0 aliphatic heterocycles. The first-order valence-electron chi connectivity index (χ1n) is 10.1. The molecule has 0 aliphatic rings. The zero-order valence-electron chi connectivity index (χ0n) is 17.3. The van der Waals surface area contributed by atoms with E-state index in [1.54, 1.807) is 6.20 Å². The summed E-state index contributed by atoms with van der Waals surface area (Å²) in [6, 6.07) is 18.4. The van der Waals surface area contributed by atoms with E-state index in [0.717, 1.165) is 39.9 Å². The van der Waals surface area contributed by atoms with Gasteiger partial charge in [0.25, 0.3) is 0 Å². The quantitative estimate of drug-likeness (QED) is 0.339. The minimum Gasteiger partial charge on any atom is -0.445 e. The van der Waals surface area contributed by atoms with Crippen LogP contribution in [0.5, 0.6) is 0 Å². The van der Waals surface area contributed by atoms with Gasteiger partial charge in [0.05, 0.1) is 11.8 Å². The highest BCUT2D eigenvalue weighted by Gasteiger charge is 2.29. The van der Waals surface area contributed by atoms with Crippen LogP contribution in [0.1, 0.15) is 22.3 Å². The highest BCUT2D eigenvalue weighted by Crippen LogP contribution is 2.30. The molecule has 0 spiro atoms. The van der Waals surface area contributed by atoms with Gasteiger partial charge in [-0.05, 0) is 59.0 Å². The van der Waals surface area contributed by atoms with Crippen molar-refractivity contribution in [2.24, 2.45) is 0 Å². The zero-order valence-corrected chi connectivity index (χ0v) is 17.3. The molecule has 1 aromatic heterocycles. The number of hydrogen-bond donors (Lipinski definition) is 0. The molecule has 0 N–H and O–H groups in total. The van der Waals surface area contributed by atoms with Crippen molar-refractivity contribution >= 4 is 5.78 Å². The molecule has 32 heavy (non-hydrogen) atoms. The van der Waals surface area contributed by atoms with Gasteiger partial charge in [0.2, 0.25) is 5.89 Å². The molecule has 4 rings (SSSR count). The molecule has 1 heterocycles. The van der Waals surface area contributed by atoms with Crippen LogP contribution in [-0.4, -0.2) is 10.8 Å². The highest BCUT2D eigenvalue weighted by molar-refractivity contribution is 5.83. The second kappa shape index (κ2) is 8.83. The van der Waals surface area contributed by atoms with Crippen molar-refractivity contribution in [3.63, 3.8) is 0 Å². The van der Waals surface area contributed by atoms with E-state index in [1.165, 1.54) is 18.4 Å². The lowest BCUT2D eigenvalue weighted by Gasteiger charge is -2.09. The lowest BCUT2D eigenvalue weighted by Crippen LogP contribution is -2.08. The molecule has 0 aliphatic carbocycles. The molecule has 162 valence electrons. The molecule has 4 aromatic rings. The summed E-state index contributed by atoms with van der Waals surface area (Å²) in [5, 5.41) is 0. The third-order valence-electron chi connectivity index (χ3n) is 5.27. The summed E-state index contributed by atoms with van der Waals surface area (Å²) in [5.74, 6) is 0.497. The Morgan fingerprint density at radius 2 is 1.47 bits per heavy atom. The molecular weight excluding hydrogens is 415 g/mol. The minimum atomic E-state index is -4.38. The standard InChI is InChI=1S/C26H20F3NO2/c1-17-2-7-21(25-30-12-13-32-25)16-24(17)20-8-3-18(4-9-20)14-23(31)15-19-5-10-22(11-6-19)26(27,28)29/h2-13,16H,14-15H2,1H3. The van der Waals surface area contributed by atoms with Crippen LogP contribution in [0.15, 0.2) is 83.6 Å². The molecular formula is C26H20F3NO2. The van der Waals surface area contributed by atoms with Gasteiger partial charge in [0, 0.05) is 18.4 Å². The lowest BCUT2D eigenvalue weighted by atomic mass is 9.96. The van der Waals surface area contributed by atoms with E-state index in [0.29, 0.717) is 11.5 Å². The van der Waals surface area contributed by atoms with Crippen LogP contribution in [-0.2, 0) is 23.8 Å². The molecule has 0 saturated carbocycles. The Bertz CT molecular complexity index is 1210. The number of rotatable bonds is 6. The van der Waals surface area contributed by atoms with Gasteiger partial charge in [-0.15, -0.1) is 0 Å². The fourth-order valence-corrected chi connectivity index (χ4v) is 3.56. The Kier molecular flexibility index (Phi) is 5.95. The van der Waals surface area contributed by atoms with Crippen molar-refractivity contribution in [2.45, 2.75) is 25.9 Å². The Labute approximate surface area is 183 Å². The molecule has 3 aromatic carbocycles. The predicted molar refractivity (Wildman–Crippen MR) is 116 cm³/mol. The number of aromatic nitrogens is 1. The summed E-state index contributed by atoms with van der Waals surface area (Å²) in [6.07, 6.45) is -0.929. The minimum absolute atomic E-state index is 0.0559. The number of benzene rings is 3. The van der Waals surface area contributed by atoms with Crippen LogP contribution < -0.4 is 0 Å². The normalized spacial score (nSPS) is 11.5. The molecule has 0 radical (unpaired) electrons. The van der Waals surface area contributed by atoms with Crippen LogP contribution in [0.3, 0.4) is 0 Å². The monoisotopic (exact) mass is 435 g/mol. The number of carbonyl (C=O) groups is 1. The van der Waals surface area contributed by atoms with E-state index >= 15 is 0 Å². The Hall–Kier alpha value is -3.67. The van der Waals surface area contributed by atoms with Gasteiger partial charge in [-0.1, -0.05) is 42.5 Å². The zero-order chi connectivity index (χ0) is 22.7. The Morgan fingerprint density at radius 3 is 2.03 bits per heavy atom. The first-order valence-corrected chi connectivity index (χ1v) is 10.1. The smallest absolute Gasteiger partial charge is 0.416 e. The van der Waals surface area contributed by atoms with E-state index < -0.39 is 11.7 Å². The van der Waals surface area contributed by atoms with Crippen LogP contribution >= 0.6 is 0 Å². The molecule has 0 unspecified atom stereocenters. The lowest BCUT2D eigenvalue weighted by molar-refractivity contribution is -0.137. The van der Waals surface area contributed by atoms with Crippen LogP contribution in [0.4, 0.5) is 13.2 Å². The third kappa shape index (κ3) is 4.97. The van der Waals surface area contributed by atoms with E-state index in [1.807, 2.05) is 49.4 Å². The first-order chi connectivity index (χ1) is 15.3. The summed E-state index contributed by atoms with van der Waals surface area (Å²) < 4.78 is 43.4. The second-order valence-electron chi connectivity index (χ2n) is 7.65. The summed E-state index contributed by atoms with van der Waals surface area (Å²) in [4.78, 5) is 16.6. The number of hydrogen-bond acceptors (Lipinski definition) is 3. The maximum atomic E-state index is 12.7. The number of carbonyl (C=O) groups excluding carboxylic acids is 1. The SMILES string of the molecule is Cc1ccc(-c2ncco2)cc1-c1ccc(CC(=O)Cc2ccc(C(F)(F)F)cc2)cc1. The van der Waals surface area contributed by atoms with E-state index in [9.17, 15) is 18.0 Å². The summed E-state index contributed by atoms with van der Waals surface area (Å²) in [7, 11) is 0. The average molecular weight is 435 g/mol. The number of alkyl halides is 3. The van der Waals surface area contributed by atoms with Gasteiger partial charge in [0.1, 0.15) is 12.0 Å². The van der Waals surface area contributed by atoms with Crippen molar-refractivity contribution in [3.05, 3.63) is 101 Å². The molecule has 0 fully saturated rings. The fraction of sp³-hybridized carbons (Fsp3) is 0.154. The summed E-state index contributed by atoms with van der Waals surface area (Å²) in [5.41, 5.74) is 4.74. The fourth-order valence-electron chi connectivity index (χ4n) is 3.56. The molecule has 0 bridgehead atoms. The van der Waals surface area contributed by atoms with Crippen molar-refractivity contribution in [1.29, 1.82) is 0 Å². The van der Waals surface area contributed by atoms with Gasteiger partial charge >= 0.3 is 6.18 Å². The maximum Gasteiger partial charge on any atom is 0.416 e.